The Morgan fingerprint density at radius 1 is 1.59 bits per heavy atom. The van der Waals surface area contributed by atoms with Crippen molar-refractivity contribution in [2.45, 2.75) is 30.0 Å². The fourth-order valence-corrected chi connectivity index (χ4v) is 4.62. The van der Waals surface area contributed by atoms with Gasteiger partial charge < -0.3 is 5.32 Å². The van der Waals surface area contributed by atoms with Gasteiger partial charge in [0.2, 0.25) is 0 Å². The summed E-state index contributed by atoms with van der Waals surface area (Å²) in [4.78, 5) is 4.01. The van der Waals surface area contributed by atoms with Crippen LogP contribution in [0.2, 0.25) is 0 Å². The second-order valence-corrected chi connectivity index (χ2v) is 7.68. The first-order chi connectivity index (χ1) is 8.01. The third-order valence-corrected chi connectivity index (χ3v) is 6.28. The molecule has 0 spiro atoms. The third kappa shape index (κ3) is 2.67. The molecule has 1 fully saturated rings. The molecule has 0 aromatic carbocycles. The molecule has 1 aliphatic heterocycles. The zero-order chi connectivity index (χ0) is 12.5. The van der Waals surface area contributed by atoms with Gasteiger partial charge in [0.1, 0.15) is 0 Å². The van der Waals surface area contributed by atoms with Crippen molar-refractivity contribution < 1.29 is 8.42 Å². The quantitative estimate of drug-likeness (QED) is 0.887. The molecule has 1 saturated heterocycles. The van der Waals surface area contributed by atoms with E-state index in [0.29, 0.717) is 4.21 Å². The molecule has 1 aromatic rings. The normalized spacial score (nSPS) is 21.9. The number of likely N-dealkylation sites (N-methyl/N-ethyl adjacent to an activating group) is 1. The largest absolute Gasteiger partial charge is 0.315 e. The lowest BCUT2D eigenvalue weighted by atomic mass is 10.1. The third-order valence-electron chi connectivity index (χ3n) is 3.02. The van der Waals surface area contributed by atoms with Gasteiger partial charge in [0.05, 0.1) is 11.2 Å². The lowest BCUT2D eigenvalue weighted by Gasteiger charge is -2.30. The maximum absolute atomic E-state index is 12.3. The van der Waals surface area contributed by atoms with Gasteiger partial charge >= 0.3 is 0 Å². The van der Waals surface area contributed by atoms with Crippen LogP contribution in [0.4, 0.5) is 0 Å². The van der Waals surface area contributed by atoms with Gasteiger partial charge in [-0.3, -0.25) is 0 Å². The fourth-order valence-electron chi connectivity index (χ4n) is 1.94. The predicted molar refractivity (Wildman–Crippen MR) is 67.7 cm³/mol. The minimum absolute atomic E-state index is 0.0520. The van der Waals surface area contributed by atoms with Crippen LogP contribution in [0.3, 0.4) is 0 Å². The number of rotatable bonds is 3. The summed E-state index contributed by atoms with van der Waals surface area (Å²) in [7, 11) is -1.71. The van der Waals surface area contributed by atoms with Crippen molar-refractivity contribution >= 4 is 21.4 Å². The molecule has 5 nitrogen and oxygen atoms in total. The topological polar surface area (TPSA) is 62.3 Å². The van der Waals surface area contributed by atoms with Gasteiger partial charge in [-0.1, -0.05) is 0 Å². The van der Waals surface area contributed by atoms with E-state index in [1.807, 2.05) is 6.92 Å². The van der Waals surface area contributed by atoms with Crippen LogP contribution in [0, 0.1) is 6.92 Å². The average Bonchev–Trinajstić information content (AvgIpc) is 2.77. The van der Waals surface area contributed by atoms with E-state index in [1.165, 1.54) is 21.8 Å². The Morgan fingerprint density at radius 2 is 2.35 bits per heavy atom. The Labute approximate surface area is 106 Å². The van der Waals surface area contributed by atoms with Crippen molar-refractivity contribution in [2.24, 2.45) is 0 Å². The van der Waals surface area contributed by atoms with Crippen LogP contribution in [0.15, 0.2) is 10.4 Å². The fraction of sp³-hybridized carbons (Fsp3) is 0.700. The monoisotopic (exact) mass is 275 g/mol. The molecule has 1 aliphatic rings. The summed E-state index contributed by atoms with van der Waals surface area (Å²) in [6, 6.07) is 0.0520. The Morgan fingerprint density at radius 3 is 2.88 bits per heavy atom. The Bertz CT molecular complexity index is 477. The molecule has 7 heteroatoms. The van der Waals surface area contributed by atoms with Gasteiger partial charge in [-0.15, -0.1) is 11.3 Å². The number of sulfonamides is 1. The number of nitrogens with one attached hydrogen (secondary N) is 1. The first-order valence-electron chi connectivity index (χ1n) is 5.63. The lowest BCUT2D eigenvalue weighted by molar-refractivity contribution is 0.300. The zero-order valence-corrected chi connectivity index (χ0v) is 11.6. The maximum Gasteiger partial charge on any atom is 0.254 e. The molecule has 1 aromatic heterocycles. The summed E-state index contributed by atoms with van der Waals surface area (Å²) in [5.74, 6) is 0. The van der Waals surface area contributed by atoms with Crippen molar-refractivity contribution in [1.82, 2.24) is 14.6 Å². The highest BCUT2D eigenvalue weighted by Crippen LogP contribution is 2.24. The summed E-state index contributed by atoms with van der Waals surface area (Å²) < 4.78 is 26.4. The SMILES string of the molecule is Cc1ncc(S(=O)(=O)N(C)C2CCCNC2)s1. The van der Waals surface area contributed by atoms with E-state index >= 15 is 0 Å². The predicted octanol–water partition coefficient (Wildman–Crippen LogP) is 0.824. The Hall–Kier alpha value is -0.500. The van der Waals surface area contributed by atoms with Crippen LogP contribution in [0.1, 0.15) is 17.8 Å². The average molecular weight is 275 g/mol. The van der Waals surface area contributed by atoms with Crippen molar-refractivity contribution in [2.75, 3.05) is 20.1 Å². The highest BCUT2D eigenvalue weighted by atomic mass is 32.2. The second kappa shape index (κ2) is 5.01. The maximum atomic E-state index is 12.3. The summed E-state index contributed by atoms with van der Waals surface area (Å²) in [6.07, 6.45) is 3.38. The smallest absolute Gasteiger partial charge is 0.254 e. The number of thiazole rings is 1. The molecule has 1 atom stereocenters. The van der Waals surface area contributed by atoms with Crippen LogP contribution >= 0.6 is 11.3 Å². The van der Waals surface area contributed by atoms with Gasteiger partial charge in [-0.2, -0.15) is 4.31 Å². The van der Waals surface area contributed by atoms with E-state index < -0.39 is 10.0 Å². The Kier molecular flexibility index (Phi) is 3.82. The Balaban J connectivity index is 2.20. The number of hydrogen-bond acceptors (Lipinski definition) is 5. The van der Waals surface area contributed by atoms with E-state index in [2.05, 4.69) is 10.3 Å². The molecule has 2 rings (SSSR count). The molecule has 0 amide bonds. The lowest BCUT2D eigenvalue weighted by Crippen LogP contribution is -2.46. The van der Waals surface area contributed by atoms with Gasteiger partial charge in [0.15, 0.2) is 4.21 Å². The summed E-state index contributed by atoms with van der Waals surface area (Å²) >= 11 is 1.23. The zero-order valence-electron chi connectivity index (χ0n) is 10.0. The molecular weight excluding hydrogens is 258 g/mol. The van der Waals surface area contributed by atoms with E-state index in [0.717, 1.165) is 30.9 Å². The van der Waals surface area contributed by atoms with Crippen LogP contribution in [0.5, 0.6) is 0 Å². The van der Waals surface area contributed by atoms with Crippen LogP contribution < -0.4 is 5.32 Å². The molecule has 0 saturated carbocycles. The van der Waals surface area contributed by atoms with Gasteiger partial charge in [0.25, 0.3) is 10.0 Å². The highest BCUT2D eigenvalue weighted by Gasteiger charge is 2.30. The highest BCUT2D eigenvalue weighted by molar-refractivity contribution is 7.91. The molecule has 0 aliphatic carbocycles. The van der Waals surface area contributed by atoms with E-state index in [4.69, 9.17) is 0 Å². The molecule has 0 radical (unpaired) electrons. The summed E-state index contributed by atoms with van der Waals surface area (Å²) in [5, 5.41) is 4.00. The van der Waals surface area contributed by atoms with Crippen LogP contribution in [-0.4, -0.2) is 43.9 Å². The van der Waals surface area contributed by atoms with E-state index in [1.54, 1.807) is 7.05 Å². The van der Waals surface area contributed by atoms with E-state index in [-0.39, 0.29) is 6.04 Å². The molecule has 1 N–H and O–H groups in total. The van der Waals surface area contributed by atoms with Crippen molar-refractivity contribution in [3.8, 4) is 0 Å². The van der Waals surface area contributed by atoms with Crippen LogP contribution in [-0.2, 0) is 10.0 Å². The molecule has 1 unspecified atom stereocenters. The summed E-state index contributed by atoms with van der Waals surface area (Å²) in [5.41, 5.74) is 0. The molecule has 2 heterocycles. The number of piperidine rings is 1. The van der Waals surface area contributed by atoms with Gasteiger partial charge in [-0.25, -0.2) is 13.4 Å². The molecule has 0 bridgehead atoms. The van der Waals surface area contributed by atoms with Gasteiger partial charge in [0, 0.05) is 19.6 Å². The van der Waals surface area contributed by atoms with Crippen LogP contribution in [0.25, 0.3) is 0 Å². The van der Waals surface area contributed by atoms with E-state index in [9.17, 15) is 8.42 Å². The molecule has 96 valence electrons. The summed E-state index contributed by atoms with van der Waals surface area (Å²) in [6.45, 7) is 3.52. The number of nitrogens with zero attached hydrogens (tertiary/aromatic N) is 2. The van der Waals surface area contributed by atoms with Crippen molar-refractivity contribution in [3.05, 3.63) is 11.2 Å². The second-order valence-electron chi connectivity index (χ2n) is 4.22. The minimum Gasteiger partial charge on any atom is -0.315 e. The van der Waals surface area contributed by atoms with Crippen molar-refractivity contribution in [1.29, 1.82) is 0 Å². The minimum atomic E-state index is -3.37. The standard InChI is InChI=1S/C10H17N3O2S2/c1-8-12-7-10(16-8)17(14,15)13(2)9-4-3-5-11-6-9/h7,9,11H,3-6H2,1-2H3. The molecule has 17 heavy (non-hydrogen) atoms. The first-order valence-corrected chi connectivity index (χ1v) is 7.88. The number of hydrogen-bond donors (Lipinski definition) is 1. The number of aromatic nitrogens is 1. The first kappa shape index (κ1) is 12.9. The number of aryl methyl sites for hydroxylation is 1. The van der Waals surface area contributed by atoms with Gasteiger partial charge in [-0.05, 0) is 26.3 Å². The molecular formula is C10H17N3O2S2. The van der Waals surface area contributed by atoms with Crippen molar-refractivity contribution in [3.63, 3.8) is 0 Å².